The topological polar surface area (TPSA) is 3.24 Å². The van der Waals surface area contributed by atoms with Crippen LogP contribution in [0.2, 0.25) is 0 Å². The molecule has 0 amide bonds. The summed E-state index contributed by atoms with van der Waals surface area (Å²) < 4.78 is 0. The number of aryl methyl sites for hydroxylation is 1. The van der Waals surface area contributed by atoms with E-state index >= 15 is 0 Å². The summed E-state index contributed by atoms with van der Waals surface area (Å²) in [6, 6.07) is 6.32. The van der Waals surface area contributed by atoms with E-state index in [1.54, 1.807) is 0 Å². The van der Waals surface area contributed by atoms with Crippen LogP contribution in [-0.2, 0) is 0 Å². The maximum atomic E-state index is 4.05. The van der Waals surface area contributed by atoms with Gasteiger partial charge in [0, 0.05) is 25.4 Å². The highest BCUT2D eigenvalue weighted by molar-refractivity contribution is 5.65. The van der Waals surface area contributed by atoms with Gasteiger partial charge < -0.3 is 4.90 Å². The van der Waals surface area contributed by atoms with Crippen LogP contribution in [0.1, 0.15) is 16.7 Å². The number of nitrogens with zero attached hydrogens (tertiary/aromatic N) is 1. The molecule has 0 unspecified atom stereocenters. The molecule has 0 aliphatic heterocycles. The first kappa shape index (κ1) is 9.85. The van der Waals surface area contributed by atoms with Crippen LogP contribution in [0.5, 0.6) is 0 Å². The molecule has 70 valence electrons. The van der Waals surface area contributed by atoms with Gasteiger partial charge in [-0.25, -0.2) is 0 Å². The normalized spacial score (nSPS) is 9.85. The zero-order valence-corrected chi connectivity index (χ0v) is 8.89. The Morgan fingerprint density at radius 2 is 1.85 bits per heavy atom. The fraction of sp³-hybridized carbons (Fsp3) is 0.333. The first-order valence-corrected chi connectivity index (χ1v) is 4.47. The molecule has 1 aromatic rings. The van der Waals surface area contributed by atoms with Crippen LogP contribution in [0, 0.1) is 13.8 Å². The highest BCUT2D eigenvalue weighted by Crippen LogP contribution is 2.20. The Bertz CT molecular complexity index is 324. The second-order valence-electron chi connectivity index (χ2n) is 3.59. The van der Waals surface area contributed by atoms with Crippen LogP contribution in [0.25, 0.3) is 5.70 Å². The van der Waals surface area contributed by atoms with Gasteiger partial charge in [-0.2, -0.15) is 0 Å². The molecule has 0 saturated heterocycles. The zero-order valence-electron chi connectivity index (χ0n) is 8.89. The number of benzene rings is 1. The lowest BCUT2D eigenvalue weighted by Crippen LogP contribution is -2.09. The first-order chi connectivity index (χ1) is 6.04. The molecule has 0 atom stereocenters. The van der Waals surface area contributed by atoms with Crippen LogP contribution in [0.4, 0.5) is 0 Å². The monoisotopic (exact) mass is 175 g/mol. The zero-order chi connectivity index (χ0) is 10.0. The maximum absolute atomic E-state index is 4.05. The SMILES string of the molecule is C=C(c1cccc(C)c1C)N(C)C. The summed E-state index contributed by atoms with van der Waals surface area (Å²) in [5.41, 5.74) is 4.95. The average molecular weight is 175 g/mol. The van der Waals surface area contributed by atoms with E-state index in [9.17, 15) is 0 Å². The van der Waals surface area contributed by atoms with Crippen molar-refractivity contribution in [1.29, 1.82) is 0 Å². The minimum atomic E-state index is 1.07. The molecular weight excluding hydrogens is 158 g/mol. The van der Waals surface area contributed by atoms with Crippen LogP contribution in [-0.4, -0.2) is 19.0 Å². The smallest absolute Gasteiger partial charge is 0.0364 e. The number of hydrogen-bond acceptors (Lipinski definition) is 1. The minimum Gasteiger partial charge on any atom is -0.378 e. The van der Waals surface area contributed by atoms with Gasteiger partial charge in [0.15, 0.2) is 0 Å². The highest BCUT2D eigenvalue weighted by Gasteiger charge is 2.05. The van der Waals surface area contributed by atoms with Crippen LogP contribution >= 0.6 is 0 Å². The molecule has 1 aromatic carbocycles. The van der Waals surface area contributed by atoms with E-state index in [-0.39, 0.29) is 0 Å². The fourth-order valence-electron chi connectivity index (χ4n) is 1.30. The molecule has 0 fully saturated rings. The summed E-state index contributed by atoms with van der Waals surface area (Å²) >= 11 is 0. The van der Waals surface area contributed by atoms with Gasteiger partial charge in [-0.3, -0.25) is 0 Å². The van der Waals surface area contributed by atoms with Crippen LogP contribution in [0.15, 0.2) is 24.8 Å². The molecule has 0 bridgehead atoms. The standard InChI is InChI=1S/C12H17N/c1-9-7-6-8-12(10(9)2)11(3)13(4)5/h6-8H,3H2,1-2,4-5H3. The van der Waals surface area contributed by atoms with Crippen molar-refractivity contribution in [2.24, 2.45) is 0 Å². The summed E-state index contributed by atoms with van der Waals surface area (Å²) in [4.78, 5) is 2.04. The second-order valence-corrected chi connectivity index (χ2v) is 3.59. The van der Waals surface area contributed by atoms with E-state index < -0.39 is 0 Å². The predicted molar refractivity (Wildman–Crippen MR) is 58.6 cm³/mol. The quantitative estimate of drug-likeness (QED) is 0.668. The highest BCUT2D eigenvalue weighted by atomic mass is 15.1. The van der Waals surface area contributed by atoms with Crippen LogP contribution in [0.3, 0.4) is 0 Å². The van der Waals surface area contributed by atoms with Gasteiger partial charge in [0.25, 0.3) is 0 Å². The van der Waals surface area contributed by atoms with Gasteiger partial charge in [-0.15, -0.1) is 0 Å². The van der Waals surface area contributed by atoms with Crippen molar-refractivity contribution < 1.29 is 0 Å². The third-order valence-corrected chi connectivity index (χ3v) is 2.46. The van der Waals surface area contributed by atoms with Gasteiger partial charge in [0.2, 0.25) is 0 Å². The Hall–Kier alpha value is -1.24. The summed E-state index contributed by atoms with van der Waals surface area (Å²) in [7, 11) is 4.04. The van der Waals surface area contributed by atoms with E-state index in [0.717, 1.165) is 5.70 Å². The number of hydrogen-bond donors (Lipinski definition) is 0. The third-order valence-electron chi connectivity index (χ3n) is 2.46. The fourth-order valence-corrected chi connectivity index (χ4v) is 1.30. The van der Waals surface area contributed by atoms with Crippen molar-refractivity contribution in [3.8, 4) is 0 Å². The lowest BCUT2D eigenvalue weighted by Gasteiger charge is -2.18. The summed E-state index contributed by atoms with van der Waals surface area (Å²) in [6.45, 7) is 8.32. The molecular formula is C12H17N. The van der Waals surface area contributed by atoms with Gasteiger partial charge >= 0.3 is 0 Å². The minimum absolute atomic E-state index is 1.07. The molecule has 0 N–H and O–H groups in total. The Labute approximate surface area is 80.7 Å². The van der Waals surface area contributed by atoms with E-state index in [0.29, 0.717) is 0 Å². The molecule has 0 saturated carbocycles. The van der Waals surface area contributed by atoms with E-state index in [1.165, 1.54) is 16.7 Å². The van der Waals surface area contributed by atoms with Crippen molar-refractivity contribution >= 4 is 5.70 Å². The molecule has 1 nitrogen and oxygen atoms in total. The molecule has 1 heteroatoms. The summed E-state index contributed by atoms with van der Waals surface area (Å²) in [6.07, 6.45) is 0. The maximum Gasteiger partial charge on any atom is 0.0364 e. The van der Waals surface area contributed by atoms with Crippen LogP contribution < -0.4 is 0 Å². The molecule has 0 heterocycles. The third kappa shape index (κ3) is 1.92. The molecule has 0 spiro atoms. The number of rotatable bonds is 2. The van der Waals surface area contributed by atoms with Crippen molar-refractivity contribution in [3.05, 3.63) is 41.5 Å². The largest absolute Gasteiger partial charge is 0.378 e. The molecule has 0 radical (unpaired) electrons. The molecule has 13 heavy (non-hydrogen) atoms. The van der Waals surface area contributed by atoms with Gasteiger partial charge in [-0.05, 0) is 25.0 Å². The Balaban J connectivity index is 3.15. The Morgan fingerprint density at radius 3 is 2.38 bits per heavy atom. The Kier molecular flexibility index (Phi) is 2.76. The molecule has 1 rings (SSSR count). The lowest BCUT2D eigenvalue weighted by molar-refractivity contribution is 0.593. The lowest BCUT2D eigenvalue weighted by atomic mass is 10.0. The predicted octanol–water partition coefficient (Wildman–Crippen LogP) is 2.84. The van der Waals surface area contributed by atoms with Gasteiger partial charge in [-0.1, -0.05) is 24.8 Å². The molecule has 0 aliphatic rings. The first-order valence-electron chi connectivity index (χ1n) is 4.47. The summed E-state index contributed by atoms with van der Waals surface area (Å²) in [5, 5.41) is 0. The van der Waals surface area contributed by atoms with Gasteiger partial charge in [0.05, 0.1) is 0 Å². The van der Waals surface area contributed by atoms with Crippen molar-refractivity contribution in [3.63, 3.8) is 0 Å². The van der Waals surface area contributed by atoms with Crippen molar-refractivity contribution in [2.45, 2.75) is 13.8 Å². The molecule has 0 aliphatic carbocycles. The Morgan fingerprint density at radius 1 is 1.23 bits per heavy atom. The van der Waals surface area contributed by atoms with Crippen molar-refractivity contribution in [2.75, 3.05) is 14.1 Å². The second kappa shape index (κ2) is 3.65. The van der Waals surface area contributed by atoms with E-state index in [4.69, 9.17) is 0 Å². The van der Waals surface area contributed by atoms with Crippen molar-refractivity contribution in [1.82, 2.24) is 4.90 Å². The van der Waals surface area contributed by atoms with Gasteiger partial charge in [0.1, 0.15) is 0 Å². The molecule has 0 aromatic heterocycles. The average Bonchev–Trinajstić information content (AvgIpc) is 2.08. The van der Waals surface area contributed by atoms with E-state index in [1.807, 2.05) is 19.0 Å². The summed E-state index contributed by atoms with van der Waals surface area (Å²) in [5.74, 6) is 0. The van der Waals surface area contributed by atoms with E-state index in [2.05, 4.69) is 38.6 Å².